The van der Waals surface area contributed by atoms with E-state index in [9.17, 15) is 18.4 Å². The van der Waals surface area contributed by atoms with Crippen molar-refractivity contribution >= 4 is 17.5 Å². The average Bonchev–Trinajstić information content (AvgIpc) is 2.82. The van der Waals surface area contributed by atoms with Gasteiger partial charge in [-0.3, -0.25) is 9.59 Å². The fourth-order valence-electron chi connectivity index (χ4n) is 5.05. The molecule has 2 amide bonds. The lowest BCUT2D eigenvalue weighted by Crippen LogP contribution is -2.67. The number of amides is 2. The summed E-state index contributed by atoms with van der Waals surface area (Å²) in [5, 5.41) is 0. The Hall–Kier alpha value is -3.54. The van der Waals surface area contributed by atoms with E-state index in [1.165, 1.54) is 30.3 Å². The molecule has 2 saturated heterocycles. The molecule has 1 atom stereocenters. The quantitative estimate of drug-likeness (QED) is 0.548. The normalized spacial score (nSPS) is 19.7. The van der Waals surface area contributed by atoms with Crippen molar-refractivity contribution in [2.75, 3.05) is 18.0 Å². The molecular weight excluding hydrogens is 410 g/mol. The number of hydrogen-bond acceptors (Lipinski definition) is 2. The second-order valence-electron chi connectivity index (χ2n) is 8.43. The molecule has 5 rings (SSSR count). The van der Waals surface area contributed by atoms with Gasteiger partial charge in [-0.05, 0) is 54.8 Å². The molecule has 32 heavy (non-hydrogen) atoms. The van der Waals surface area contributed by atoms with Crippen LogP contribution >= 0.6 is 0 Å². The number of nitrogens with zero attached hydrogens (tertiary/aromatic N) is 2. The van der Waals surface area contributed by atoms with Crippen molar-refractivity contribution in [3.8, 4) is 0 Å². The number of piperidine rings is 1. The van der Waals surface area contributed by atoms with Gasteiger partial charge in [0.1, 0.15) is 11.6 Å². The minimum atomic E-state index is -0.646. The summed E-state index contributed by atoms with van der Waals surface area (Å²) in [4.78, 5) is 29.7. The van der Waals surface area contributed by atoms with Gasteiger partial charge in [-0.2, -0.15) is 0 Å². The van der Waals surface area contributed by atoms with E-state index < -0.39 is 17.0 Å². The Labute approximate surface area is 185 Å². The third kappa shape index (κ3) is 3.27. The second-order valence-corrected chi connectivity index (χ2v) is 8.43. The van der Waals surface area contributed by atoms with Crippen LogP contribution < -0.4 is 4.90 Å². The predicted octanol–water partition coefficient (Wildman–Crippen LogP) is 4.98. The van der Waals surface area contributed by atoms with E-state index in [4.69, 9.17) is 0 Å². The number of carbonyl (C=O) groups excluding carboxylic acids is 2. The highest BCUT2D eigenvalue weighted by Crippen LogP contribution is 2.57. The Balaban J connectivity index is 1.42. The summed E-state index contributed by atoms with van der Waals surface area (Å²) in [5.41, 5.74) is 1.18. The molecule has 4 nitrogen and oxygen atoms in total. The van der Waals surface area contributed by atoms with Crippen LogP contribution in [0.25, 0.3) is 0 Å². The fourth-order valence-corrected chi connectivity index (χ4v) is 5.05. The number of benzene rings is 3. The standard InChI is InChI=1S/C26H22F2N2O2/c27-20-9-4-8-19(16-20)24(31)29-14-12-26(13-15-29)23(18-6-2-1-3-7-18)30(25(26)32)22-11-5-10-21(28)17-22/h1-11,16-17,23H,12-15H2. The molecule has 6 heteroatoms. The highest BCUT2D eigenvalue weighted by molar-refractivity contribution is 6.06. The van der Waals surface area contributed by atoms with Gasteiger partial charge in [-0.25, -0.2) is 8.78 Å². The zero-order valence-electron chi connectivity index (χ0n) is 17.4. The summed E-state index contributed by atoms with van der Waals surface area (Å²) >= 11 is 0. The van der Waals surface area contributed by atoms with E-state index >= 15 is 0 Å². The van der Waals surface area contributed by atoms with Gasteiger partial charge >= 0.3 is 0 Å². The lowest BCUT2D eigenvalue weighted by Gasteiger charge is -2.59. The van der Waals surface area contributed by atoms with Gasteiger partial charge < -0.3 is 9.80 Å². The van der Waals surface area contributed by atoms with Crippen molar-refractivity contribution in [3.05, 3.63) is 102 Å². The van der Waals surface area contributed by atoms with Crippen LogP contribution in [-0.4, -0.2) is 29.8 Å². The van der Waals surface area contributed by atoms with Crippen molar-refractivity contribution in [2.45, 2.75) is 18.9 Å². The van der Waals surface area contributed by atoms with Gasteiger partial charge in [0.2, 0.25) is 5.91 Å². The van der Waals surface area contributed by atoms with Crippen molar-refractivity contribution < 1.29 is 18.4 Å². The number of carbonyl (C=O) groups is 2. The Kier molecular flexibility index (Phi) is 5.00. The van der Waals surface area contributed by atoms with Crippen LogP contribution in [0.2, 0.25) is 0 Å². The molecule has 162 valence electrons. The van der Waals surface area contributed by atoms with Gasteiger partial charge in [0, 0.05) is 24.3 Å². The molecule has 1 spiro atoms. The zero-order chi connectivity index (χ0) is 22.3. The maximum atomic E-state index is 13.9. The summed E-state index contributed by atoms with van der Waals surface area (Å²) in [6, 6.07) is 21.3. The average molecular weight is 432 g/mol. The lowest BCUT2D eigenvalue weighted by molar-refractivity contribution is -0.144. The van der Waals surface area contributed by atoms with Gasteiger partial charge in [0.25, 0.3) is 5.91 Å². The molecule has 0 aliphatic carbocycles. The van der Waals surface area contributed by atoms with Crippen molar-refractivity contribution in [1.82, 2.24) is 4.90 Å². The molecule has 1 unspecified atom stereocenters. The number of β-lactam (4-membered cyclic amide) rings is 1. The first-order chi connectivity index (χ1) is 15.5. The molecule has 2 aliphatic rings. The Morgan fingerprint density at radius 3 is 2.16 bits per heavy atom. The van der Waals surface area contributed by atoms with Gasteiger partial charge in [0.05, 0.1) is 11.5 Å². The van der Waals surface area contributed by atoms with Crippen LogP contribution in [0, 0.1) is 17.0 Å². The smallest absolute Gasteiger partial charge is 0.253 e. The predicted molar refractivity (Wildman–Crippen MR) is 117 cm³/mol. The van der Waals surface area contributed by atoms with Crippen molar-refractivity contribution in [1.29, 1.82) is 0 Å². The molecule has 0 saturated carbocycles. The highest BCUT2D eigenvalue weighted by Gasteiger charge is 2.62. The molecule has 0 aromatic heterocycles. The minimum Gasteiger partial charge on any atom is -0.339 e. The number of anilines is 1. The zero-order valence-corrected chi connectivity index (χ0v) is 17.4. The Bertz CT molecular complexity index is 1170. The molecule has 0 N–H and O–H groups in total. The van der Waals surface area contributed by atoms with Crippen LogP contribution in [0.1, 0.15) is 34.8 Å². The molecule has 0 radical (unpaired) electrons. The van der Waals surface area contributed by atoms with Crippen molar-refractivity contribution in [3.63, 3.8) is 0 Å². The summed E-state index contributed by atoms with van der Waals surface area (Å²) in [6.07, 6.45) is 0.997. The number of rotatable bonds is 3. The number of hydrogen-bond donors (Lipinski definition) is 0. The molecule has 2 fully saturated rings. The fraction of sp³-hybridized carbons (Fsp3) is 0.231. The molecule has 3 aromatic carbocycles. The molecule has 0 bridgehead atoms. The van der Waals surface area contributed by atoms with Crippen LogP contribution in [-0.2, 0) is 4.79 Å². The Morgan fingerprint density at radius 1 is 0.844 bits per heavy atom. The number of likely N-dealkylation sites (tertiary alicyclic amines) is 1. The molecule has 2 heterocycles. The first-order valence-corrected chi connectivity index (χ1v) is 10.7. The highest BCUT2D eigenvalue weighted by atomic mass is 19.1. The van der Waals surface area contributed by atoms with E-state index in [-0.39, 0.29) is 17.9 Å². The maximum absolute atomic E-state index is 13.9. The first kappa shape index (κ1) is 20.4. The molecule has 3 aromatic rings. The van der Waals surface area contributed by atoms with E-state index in [2.05, 4.69) is 0 Å². The van der Waals surface area contributed by atoms with Crippen LogP contribution in [0.4, 0.5) is 14.5 Å². The third-order valence-electron chi connectivity index (χ3n) is 6.64. The summed E-state index contributed by atoms with van der Waals surface area (Å²) < 4.78 is 27.5. The van der Waals surface area contributed by atoms with Crippen molar-refractivity contribution in [2.24, 2.45) is 5.41 Å². The largest absolute Gasteiger partial charge is 0.339 e. The topological polar surface area (TPSA) is 40.6 Å². The monoisotopic (exact) mass is 432 g/mol. The van der Waals surface area contributed by atoms with Gasteiger partial charge in [0.15, 0.2) is 0 Å². The SMILES string of the molecule is O=C(c1cccc(F)c1)N1CCC2(CC1)C(=O)N(c1cccc(F)c1)C2c1ccccc1. The summed E-state index contributed by atoms with van der Waals surface area (Å²) in [6.45, 7) is 0.808. The maximum Gasteiger partial charge on any atom is 0.253 e. The van der Waals surface area contributed by atoms with Crippen LogP contribution in [0.15, 0.2) is 78.9 Å². The van der Waals surface area contributed by atoms with E-state index in [1.807, 2.05) is 30.3 Å². The van der Waals surface area contributed by atoms with Gasteiger partial charge in [-0.1, -0.05) is 42.5 Å². The lowest BCUT2D eigenvalue weighted by atomic mass is 9.62. The molecule has 2 aliphatic heterocycles. The van der Waals surface area contributed by atoms with Crippen LogP contribution in [0.5, 0.6) is 0 Å². The van der Waals surface area contributed by atoms with Gasteiger partial charge in [-0.15, -0.1) is 0 Å². The molecular formula is C26H22F2N2O2. The Morgan fingerprint density at radius 2 is 1.50 bits per heavy atom. The van der Waals surface area contributed by atoms with E-state index in [0.29, 0.717) is 37.2 Å². The third-order valence-corrected chi connectivity index (χ3v) is 6.64. The van der Waals surface area contributed by atoms with Crippen LogP contribution in [0.3, 0.4) is 0 Å². The number of halogens is 2. The second kappa shape index (κ2) is 7.86. The van der Waals surface area contributed by atoms with E-state index in [1.54, 1.807) is 28.0 Å². The summed E-state index contributed by atoms with van der Waals surface area (Å²) in [5.74, 6) is -1.12. The minimum absolute atomic E-state index is 0.0465. The summed E-state index contributed by atoms with van der Waals surface area (Å²) in [7, 11) is 0. The van der Waals surface area contributed by atoms with E-state index in [0.717, 1.165) is 5.56 Å². The first-order valence-electron chi connectivity index (χ1n) is 10.7.